The standard InChI is InChI=1S/C8H10N2O3/c1-5(2)7-3-6(10(12)13)4-9-8(7)11/h3-5H,1-2H3,(H,9,11). The van der Waals surface area contributed by atoms with Crippen LogP contribution in [0.3, 0.4) is 0 Å². The minimum atomic E-state index is -0.526. The summed E-state index contributed by atoms with van der Waals surface area (Å²) in [7, 11) is 0. The molecule has 0 fully saturated rings. The fourth-order valence-corrected chi connectivity index (χ4v) is 1.02. The first-order chi connectivity index (χ1) is 6.02. The first-order valence-electron chi connectivity index (χ1n) is 3.89. The lowest BCUT2D eigenvalue weighted by molar-refractivity contribution is -0.385. The zero-order valence-corrected chi connectivity index (χ0v) is 7.40. The quantitative estimate of drug-likeness (QED) is 0.554. The summed E-state index contributed by atoms with van der Waals surface area (Å²) in [5, 5.41) is 10.4. The van der Waals surface area contributed by atoms with Crippen molar-refractivity contribution in [3.8, 4) is 0 Å². The van der Waals surface area contributed by atoms with Gasteiger partial charge in [0, 0.05) is 11.6 Å². The van der Waals surface area contributed by atoms with E-state index >= 15 is 0 Å². The normalized spacial score (nSPS) is 10.4. The summed E-state index contributed by atoms with van der Waals surface area (Å²) in [6.07, 6.45) is 1.11. The van der Waals surface area contributed by atoms with Crippen LogP contribution in [0.4, 0.5) is 5.69 Å². The molecule has 0 atom stereocenters. The van der Waals surface area contributed by atoms with Gasteiger partial charge in [0.1, 0.15) is 0 Å². The number of rotatable bonds is 2. The number of nitrogens with one attached hydrogen (secondary N) is 1. The van der Waals surface area contributed by atoms with Gasteiger partial charge in [-0.05, 0) is 5.92 Å². The monoisotopic (exact) mass is 182 g/mol. The van der Waals surface area contributed by atoms with Crippen molar-refractivity contribution in [2.24, 2.45) is 0 Å². The Labute approximate surface area is 74.6 Å². The maximum absolute atomic E-state index is 11.2. The topological polar surface area (TPSA) is 76.0 Å². The van der Waals surface area contributed by atoms with Gasteiger partial charge in [-0.25, -0.2) is 0 Å². The van der Waals surface area contributed by atoms with Crippen LogP contribution in [0.5, 0.6) is 0 Å². The fraction of sp³-hybridized carbons (Fsp3) is 0.375. The molecule has 0 saturated carbocycles. The molecule has 0 saturated heterocycles. The van der Waals surface area contributed by atoms with Gasteiger partial charge in [-0.1, -0.05) is 13.8 Å². The Hall–Kier alpha value is -1.65. The van der Waals surface area contributed by atoms with E-state index in [0.717, 1.165) is 6.20 Å². The number of pyridine rings is 1. The maximum Gasteiger partial charge on any atom is 0.285 e. The van der Waals surface area contributed by atoms with Crippen LogP contribution in [0.15, 0.2) is 17.1 Å². The average Bonchev–Trinajstić information content (AvgIpc) is 2.04. The van der Waals surface area contributed by atoms with Crippen LogP contribution in [0.2, 0.25) is 0 Å². The molecule has 0 aliphatic rings. The molecule has 0 unspecified atom stereocenters. The van der Waals surface area contributed by atoms with Crippen molar-refractivity contribution in [3.05, 3.63) is 38.3 Å². The Balaban J connectivity index is 3.27. The zero-order valence-electron chi connectivity index (χ0n) is 7.40. The summed E-state index contributed by atoms with van der Waals surface area (Å²) < 4.78 is 0. The van der Waals surface area contributed by atoms with Crippen molar-refractivity contribution >= 4 is 5.69 Å². The molecule has 1 rings (SSSR count). The molecule has 0 radical (unpaired) electrons. The number of hydrogen-bond donors (Lipinski definition) is 1. The Morgan fingerprint density at radius 2 is 2.15 bits per heavy atom. The second kappa shape index (κ2) is 3.38. The van der Waals surface area contributed by atoms with Gasteiger partial charge >= 0.3 is 0 Å². The average molecular weight is 182 g/mol. The molecular weight excluding hydrogens is 172 g/mol. The van der Waals surface area contributed by atoms with Gasteiger partial charge in [0.2, 0.25) is 0 Å². The number of nitrogens with zero attached hydrogens (tertiary/aromatic N) is 1. The van der Waals surface area contributed by atoms with Crippen LogP contribution < -0.4 is 5.56 Å². The molecule has 13 heavy (non-hydrogen) atoms. The van der Waals surface area contributed by atoms with Crippen molar-refractivity contribution in [3.63, 3.8) is 0 Å². The number of aromatic nitrogens is 1. The van der Waals surface area contributed by atoms with Crippen LogP contribution in [0.1, 0.15) is 25.3 Å². The van der Waals surface area contributed by atoms with E-state index in [2.05, 4.69) is 4.98 Å². The van der Waals surface area contributed by atoms with E-state index in [0.29, 0.717) is 5.56 Å². The van der Waals surface area contributed by atoms with Crippen molar-refractivity contribution in [1.29, 1.82) is 0 Å². The first kappa shape index (κ1) is 9.44. The first-order valence-corrected chi connectivity index (χ1v) is 3.89. The molecule has 0 aliphatic carbocycles. The van der Waals surface area contributed by atoms with E-state index in [1.807, 2.05) is 13.8 Å². The molecule has 0 aromatic carbocycles. The van der Waals surface area contributed by atoms with E-state index in [1.165, 1.54) is 6.07 Å². The summed E-state index contributed by atoms with van der Waals surface area (Å²) in [6, 6.07) is 1.31. The van der Waals surface area contributed by atoms with E-state index < -0.39 is 4.92 Å². The summed E-state index contributed by atoms with van der Waals surface area (Å²) in [6.45, 7) is 3.63. The van der Waals surface area contributed by atoms with Crippen LogP contribution in [-0.2, 0) is 0 Å². The molecule has 1 aromatic rings. The number of hydrogen-bond acceptors (Lipinski definition) is 3. The van der Waals surface area contributed by atoms with Gasteiger partial charge in [0.15, 0.2) is 0 Å². The fourth-order valence-electron chi connectivity index (χ4n) is 1.02. The van der Waals surface area contributed by atoms with Crippen molar-refractivity contribution in [2.45, 2.75) is 19.8 Å². The molecule has 0 amide bonds. The number of H-pyrrole nitrogens is 1. The predicted octanol–water partition coefficient (Wildman–Crippen LogP) is 1.41. The predicted molar refractivity (Wildman–Crippen MR) is 47.8 cm³/mol. The van der Waals surface area contributed by atoms with Gasteiger partial charge < -0.3 is 4.98 Å². The second-order valence-corrected chi connectivity index (χ2v) is 3.05. The Kier molecular flexibility index (Phi) is 2.46. The van der Waals surface area contributed by atoms with E-state index in [4.69, 9.17) is 0 Å². The second-order valence-electron chi connectivity index (χ2n) is 3.05. The molecule has 0 bridgehead atoms. The van der Waals surface area contributed by atoms with E-state index in [-0.39, 0.29) is 17.2 Å². The van der Waals surface area contributed by atoms with Crippen molar-refractivity contribution in [1.82, 2.24) is 4.98 Å². The van der Waals surface area contributed by atoms with Crippen molar-refractivity contribution < 1.29 is 4.92 Å². The zero-order chi connectivity index (χ0) is 10.0. The van der Waals surface area contributed by atoms with Crippen LogP contribution in [-0.4, -0.2) is 9.91 Å². The lowest BCUT2D eigenvalue weighted by Crippen LogP contribution is -2.13. The Morgan fingerprint density at radius 1 is 1.54 bits per heavy atom. The molecule has 70 valence electrons. The van der Waals surface area contributed by atoms with Gasteiger partial charge in [-0.2, -0.15) is 0 Å². The third kappa shape index (κ3) is 1.93. The molecule has 5 heteroatoms. The van der Waals surface area contributed by atoms with E-state index in [1.54, 1.807) is 0 Å². The highest BCUT2D eigenvalue weighted by Crippen LogP contribution is 2.14. The van der Waals surface area contributed by atoms with E-state index in [9.17, 15) is 14.9 Å². The Morgan fingerprint density at radius 3 is 2.62 bits per heavy atom. The number of nitro groups is 1. The lowest BCUT2D eigenvalue weighted by atomic mass is 10.1. The smallest absolute Gasteiger partial charge is 0.285 e. The summed E-state index contributed by atoms with van der Waals surface area (Å²) in [4.78, 5) is 23.3. The molecule has 5 nitrogen and oxygen atoms in total. The molecular formula is C8H10N2O3. The molecule has 1 heterocycles. The van der Waals surface area contributed by atoms with Crippen LogP contribution >= 0.6 is 0 Å². The SMILES string of the molecule is CC(C)c1cc([N+](=O)[O-])c[nH]c1=O. The molecule has 1 aromatic heterocycles. The number of aromatic amines is 1. The van der Waals surface area contributed by atoms with Crippen LogP contribution in [0, 0.1) is 10.1 Å². The third-order valence-corrected chi connectivity index (χ3v) is 1.75. The minimum absolute atomic E-state index is 0.0105. The third-order valence-electron chi connectivity index (χ3n) is 1.75. The summed E-state index contributed by atoms with van der Waals surface area (Å²) >= 11 is 0. The van der Waals surface area contributed by atoms with Gasteiger partial charge in [-0.15, -0.1) is 0 Å². The molecule has 0 aliphatic heterocycles. The highest BCUT2D eigenvalue weighted by atomic mass is 16.6. The van der Waals surface area contributed by atoms with Crippen molar-refractivity contribution in [2.75, 3.05) is 0 Å². The largest absolute Gasteiger partial charge is 0.323 e. The van der Waals surface area contributed by atoms with Gasteiger partial charge in [0.25, 0.3) is 11.2 Å². The summed E-state index contributed by atoms with van der Waals surface area (Å²) in [5.74, 6) is -0.0105. The Bertz CT molecular complexity index is 381. The summed E-state index contributed by atoms with van der Waals surface area (Å²) in [5.41, 5.74) is 0.0955. The van der Waals surface area contributed by atoms with Gasteiger partial charge in [0.05, 0.1) is 11.1 Å². The molecule has 1 N–H and O–H groups in total. The lowest BCUT2D eigenvalue weighted by Gasteiger charge is -2.01. The highest BCUT2D eigenvalue weighted by molar-refractivity contribution is 5.31. The van der Waals surface area contributed by atoms with Crippen LogP contribution in [0.25, 0.3) is 0 Å². The minimum Gasteiger partial charge on any atom is -0.323 e. The maximum atomic E-state index is 11.2. The highest BCUT2D eigenvalue weighted by Gasteiger charge is 2.11. The molecule has 0 spiro atoms. The van der Waals surface area contributed by atoms with Gasteiger partial charge in [-0.3, -0.25) is 14.9 Å².